The lowest BCUT2D eigenvalue weighted by Gasteiger charge is -2.07. The van der Waals surface area contributed by atoms with Crippen molar-refractivity contribution in [3.05, 3.63) is 90.3 Å². The molecule has 4 rings (SSSR count). The Labute approximate surface area is 164 Å². The molecule has 0 aliphatic carbocycles. The number of fused-ring (bicyclic) bond motifs is 1. The fourth-order valence-electron chi connectivity index (χ4n) is 3.43. The fraction of sp³-hybridized carbons (Fsp3) is 0.167. The molecule has 4 nitrogen and oxygen atoms in total. The molecule has 0 bridgehead atoms. The van der Waals surface area contributed by atoms with E-state index in [2.05, 4.69) is 45.2 Å². The fourth-order valence-corrected chi connectivity index (χ4v) is 3.43. The van der Waals surface area contributed by atoms with E-state index in [4.69, 9.17) is 0 Å². The molecule has 4 aromatic rings. The Morgan fingerprint density at radius 2 is 1.57 bits per heavy atom. The van der Waals surface area contributed by atoms with Crippen LogP contribution in [0.5, 0.6) is 0 Å². The number of para-hydroxylation sites is 2. The molecule has 0 saturated heterocycles. The molecule has 0 atom stereocenters. The van der Waals surface area contributed by atoms with Crippen molar-refractivity contribution in [2.24, 2.45) is 7.05 Å². The van der Waals surface area contributed by atoms with Crippen molar-refractivity contribution in [2.75, 3.05) is 6.54 Å². The van der Waals surface area contributed by atoms with Gasteiger partial charge in [0.05, 0.1) is 17.5 Å². The van der Waals surface area contributed by atoms with Gasteiger partial charge in [-0.2, -0.15) is 0 Å². The van der Waals surface area contributed by atoms with Crippen molar-refractivity contribution in [2.45, 2.75) is 12.8 Å². The monoisotopic (exact) mass is 369 g/mol. The van der Waals surface area contributed by atoms with Crippen molar-refractivity contribution in [3.63, 3.8) is 0 Å². The minimum atomic E-state index is 0.0335. The second-order valence-corrected chi connectivity index (χ2v) is 6.92. The predicted octanol–water partition coefficient (Wildman–Crippen LogP) is 4.14. The number of hydrogen-bond acceptors (Lipinski definition) is 2. The first-order valence-electron chi connectivity index (χ1n) is 9.52. The Hall–Kier alpha value is -3.40. The highest BCUT2D eigenvalue weighted by Gasteiger charge is 2.08. The summed E-state index contributed by atoms with van der Waals surface area (Å²) in [5.74, 6) is 1.01. The molecule has 3 aromatic carbocycles. The van der Waals surface area contributed by atoms with Crippen LogP contribution in [0.25, 0.3) is 22.2 Å². The first-order chi connectivity index (χ1) is 13.7. The van der Waals surface area contributed by atoms with Crippen LogP contribution in [-0.4, -0.2) is 22.0 Å². The maximum Gasteiger partial charge on any atom is 0.224 e. The van der Waals surface area contributed by atoms with Gasteiger partial charge < -0.3 is 9.88 Å². The van der Waals surface area contributed by atoms with Gasteiger partial charge in [0, 0.05) is 20.0 Å². The van der Waals surface area contributed by atoms with Crippen molar-refractivity contribution in [1.82, 2.24) is 14.9 Å². The number of aryl methyl sites for hydroxylation is 1. The molecule has 0 aliphatic rings. The molecule has 0 aliphatic heterocycles. The molecule has 1 heterocycles. The summed E-state index contributed by atoms with van der Waals surface area (Å²) in [7, 11) is 2.01. The largest absolute Gasteiger partial charge is 0.355 e. The number of nitrogens with zero attached hydrogens (tertiary/aromatic N) is 2. The van der Waals surface area contributed by atoms with Crippen molar-refractivity contribution >= 4 is 16.9 Å². The summed E-state index contributed by atoms with van der Waals surface area (Å²) in [5.41, 5.74) is 5.46. The quantitative estimate of drug-likeness (QED) is 0.555. The lowest BCUT2D eigenvalue weighted by molar-refractivity contribution is -0.120. The number of hydrogen-bond donors (Lipinski definition) is 1. The van der Waals surface area contributed by atoms with Crippen LogP contribution in [0.3, 0.4) is 0 Å². The average molecular weight is 369 g/mol. The zero-order valence-corrected chi connectivity index (χ0v) is 15.9. The van der Waals surface area contributed by atoms with Gasteiger partial charge in [0.1, 0.15) is 5.82 Å². The number of imidazole rings is 1. The third-order valence-corrected chi connectivity index (χ3v) is 4.98. The first-order valence-corrected chi connectivity index (χ1v) is 9.52. The normalized spacial score (nSPS) is 10.9. The lowest BCUT2D eigenvalue weighted by atomic mass is 10.0. The second-order valence-electron chi connectivity index (χ2n) is 6.92. The van der Waals surface area contributed by atoms with Gasteiger partial charge in [0.15, 0.2) is 0 Å². The molecule has 0 unspecified atom stereocenters. The average Bonchev–Trinajstić information content (AvgIpc) is 3.05. The van der Waals surface area contributed by atoms with Gasteiger partial charge in [-0.25, -0.2) is 4.98 Å². The van der Waals surface area contributed by atoms with E-state index >= 15 is 0 Å². The maximum absolute atomic E-state index is 12.3. The summed E-state index contributed by atoms with van der Waals surface area (Å²) >= 11 is 0. The summed E-state index contributed by atoms with van der Waals surface area (Å²) < 4.78 is 2.09. The van der Waals surface area contributed by atoms with Crippen LogP contribution in [-0.2, 0) is 24.7 Å². The Morgan fingerprint density at radius 1 is 0.893 bits per heavy atom. The molecular formula is C24H23N3O. The van der Waals surface area contributed by atoms with Crippen LogP contribution in [0.15, 0.2) is 78.9 Å². The molecule has 1 amide bonds. The number of benzene rings is 3. The Morgan fingerprint density at radius 3 is 2.32 bits per heavy atom. The van der Waals surface area contributed by atoms with Gasteiger partial charge in [-0.1, -0.05) is 66.7 Å². The summed E-state index contributed by atoms with van der Waals surface area (Å²) in [6, 6.07) is 26.5. The number of amides is 1. The molecule has 1 aromatic heterocycles. The summed E-state index contributed by atoms with van der Waals surface area (Å²) in [6.07, 6.45) is 1.10. The van der Waals surface area contributed by atoms with E-state index < -0.39 is 0 Å². The minimum absolute atomic E-state index is 0.0335. The van der Waals surface area contributed by atoms with Gasteiger partial charge in [0.25, 0.3) is 0 Å². The van der Waals surface area contributed by atoms with E-state index in [1.54, 1.807) is 0 Å². The molecular weight excluding hydrogens is 346 g/mol. The highest BCUT2D eigenvalue weighted by atomic mass is 16.1. The molecule has 4 heteroatoms. The van der Waals surface area contributed by atoms with Crippen LogP contribution in [0.4, 0.5) is 0 Å². The van der Waals surface area contributed by atoms with E-state index in [1.807, 2.05) is 55.6 Å². The second kappa shape index (κ2) is 8.09. The Balaban J connectivity index is 1.31. The van der Waals surface area contributed by atoms with Crippen molar-refractivity contribution < 1.29 is 4.79 Å². The van der Waals surface area contributed by atoms with Crippen LogP contribution < -0.4 is 5.32 Å². The van der Waals surface area contributed by atoms with E-state index in [0.29, 0.717) is 19.4 Å². The molecule has 0 saturated carbocycles. The highest BCUT2D eigenvalue weighted by Crippen LogP contribution is 2.19. The smallest absolute Gasteiger partial charge is 0.224 e. The zero-order valence-electron chi connectivity index (χ0n) is 15.9. The lowest BCUT2D eigenvalue weighted by Crippen LogP contribution is -2.27. The Kier molecular flexibility index (Phi) is 5.20. The summed E-state index contributed by atoms with van der Waals surface area (Å²) in [4.78, 5) is 16.9. The number of carbonyl (C=O) groups excluding carboxylic acids is 1. The zero-order chi connectivity index (χ0) is 19.3. The predicted molar refractivity (Wildman–Crippen MR) is 113 cm³/mol. The summed E-state index contributed by atoms with van der Waals surface area (Å²) in [6.45, 7) is 0.581. The van der Waals surface area contributed by atoms with E-state index in [1.165, 1.54) is 5.56 Å². The van der Waals surface area contributed by atoms with Gasteiger partial charge in [-0.3, -0.25) is 4.79 Å². The van der Waals surface area contributed by atoms with Gasteiger partial charge >= 0.3 is 0 Å². The van der Waals surface area contributed by atoms with Crippen LogP contribution in [0.1, 0.15) is 11.4 Å². The van der Waals surface area contributed by atoms with Gasteiger partial charge in [-0.15, -0.1) is 0 Å². The standard InChI is InChI=1S/C24H23N3O/c1-27-22-10-6-5-9-21(22)26-23(27)15-16-25-24(28)17-18-11-13-20(14-12-18)19-7-3-2-4-8-19/h2-14H,15-17H2,1H3,(H,25,28). The highest BCUT2D eigenvalue weighted by molar-refractivity contribution is 5.79. The third kappa shape index (κ3) is 3.96. The molecule has 0 spiro atoms. The van der Waals surface area contributed by atoms with Crippen LogP contribution >= 0.6 is 0 Å². The first kappa shape index (κ1) is 18.0. The van der Waals surface area contributed by atoms with Crippen LogP contribution in [0.2, 0.25) is 0 Å². The molecule has 0 fully saturated rings. The Bertz CT molecular complexity index is 1080. The van der Waals surface area contributed by atoms with Crippen molar-refractivity contribution in [3.8, 4) is 11.1 Å². The topological polar surface area (TPSA) is 46.9 Å². The molecule has 28 heavy (non-hydrogen) atoms. The van der Waals surface area contributed by atoms with E-state index in [9.17, 15) is 4.79 Å². The molecule has 0 radical (unpaired) electrons. The number of carbonyl (C=O) groups is 1. The van der Waals surface area contributed by atoms with E-state index in [-0.39, 0.29) is 5.91 Å². The third-order valence-electron chi connectivity index (χ3n) is 4.98. The van der Waals surface area contributed by atoms with Crippen molar-refractivity contribution in [1.29, 1.82) is 0 Å². The summed E-state index contributed by atoms with van der Waals surface area (Å²) in [5, 5.41) is 3.01. The van der Waals surface area contributed by atoms with Gasteiger partial charge in [-0.05, 0) is 28.8 Å². The minimum Gasteiger partial charge on any atom is -0.355 e. The number of nitrogens with one attached hydrogen (secondary N) is 1. The maximum atomic E-state index is 12.3. The molecule has 1 N–H and O–H groups in total. The van der Waals surface area contributed by atoms with Crippen LogP contribution in [0, 0.1) is 0 Å². The number of rotatable bonds is 6. The van der Waals surface area contributed by atoms with Gasteiger partial charge in [0.2, 0.25) is 5.91 Å². The number of aromatic nitrogens is 2. The SMILES string of the molecule is Cn1c(CCNC(=O)Cc2ccc(-c3ccccc3)cc2)nc2ccccc21. The van der Waals surface area contributed by atoms with E-state index in [0.717, 1.165) is 28.0 Å². The molecule has 140 valence electrons.